The van der Waals surface area contributed by atoms with Gasteiger partial charge in [0.1, 0.15) is 11.5 Å². The van der Waals surface area contributed by atoms with Crippen molar-refractivity contribution in [3.8, 4) is 22.5 Å². The largest absolute Gasteiger partial charge is 0.417 e. The number of fused-ring (bicyclic) bond motifs is 1. The topological polar surface area (TPSA) is 48.0 Å². The minimum Gasteiger partial charge on any atom is -0.369 e. The quantitative estimate of drug-likeness (QED) is 0.336. The number of aromatic nitrogens is 3. The molecule has 188 valence electrons. The van der Waals surface area contributed by atoms with E-state index in [2.05, 4.69) is 32.0 Å². The standard InChI is InChI=1S/C27H27F4N5/c1-3-4-17-13-21(27(29,30)31)25(22(28)14-17)23-15-20-24(16-32-23)33-34-26(20)18-5-7-19(8-6-18)36-11-9-35(2)10-12-36/h5-8,13-16H,3-4,9-12H2,1-2H3,(H,33,34). The first kappa shape index (κ1) is 24.2. The van der Waals surface area contributed by atoms with Crippen LogP contribution in [-0.4, -0.2) is 53.3 Å². The first-order chi connectivity index (χ1) is 17.2. The number of rotatable bonds is 5. The molecule has 0 aliphatic carbocycles. The summed E-state index contributed by atoms with van der Waals surface area (Å²) in [6.07, 6.45) is -2.33. The Kier molecular flexibility index (Phi) is 6.42. The van der Waals surface area contributed by atoms with Gasteiger partial charge in [-0.3, -0.25) is 10.1 Å². The van der Waals surface area contributed by atoms with Crippen molar-refractivity contribution in [2.45, 2.75) is 25.9 Å². The van der Waals surface area contributed by atoms with E-state index in [4.69, 9.17) is 0 Å². The highest BCUT2D eigenvalue weighted by Gasteiger charge is 2.36. The van der Waals surface area contributed by atoms with Crippen LogP contribution in [0.2, 0.25) is 0 Å². The van der Waals surface area contributed by atoms with Crippen molar-refractivity contribution in [1.82, 2.24) is 20.1 Å². The number of H-pyrrole nitrogens is 1. The molecule has 1 aliphatic rings. The summed E-state index contributed by atoms with van der Waals surface area (Å²) in [4.78, 5) is 8.76. The van der Waals surface area contributed by atoms with Crippen molar-refractivity contribution in [3.63, 3.8) is 0 Å². The fraction of sp³-hybridized carbons (Fsp3) is 0.333. The number of alkyl halides is 3. The minimum atomic E-state index is -4.71. The number of pyridine rings is 1. The van der Waals surface area contributed by atoms with E-state index in [1.165, 1.54) is 18.3 Å². The molecule has 0 spiro atoms. The van der Waals surface area contributed by atoms with Gasteiger partial charge in [-0.2, -0.15) is 18.3 Å². The van der Waals surface area contributed by atoms with Gasteiger partial charge in [-0.1, -0.05) is 25.5 Å². The lowest BCUT2D eigenvalue weighted by atomic mass is 9.96. The smallest absolute Gasteiger partial charge is 0.369 e. The highest BCUT2D eigenvalue weighted by atomic mass is 19.4. The van der Waals surface area contributed by atoms with Gasteiger partial charge in [-0.05, 0) is 49.4 Å². The van der Waals surface area contributed by atoms with Crippen LogP contribution in [0.25, 0.3) is 33.4 Å². The summed E-state index contributed by atoms with van der Waals surface area (Å²) >= 11 is 0. The van der Waals surface area contributed by atoms with E-state index in [1.54, 1.807) is 0 Å². The van der Waals surface area contributed by atoms with Gasteiger partial charge in [0.15, 0.2) is 0 Å². The van der Waals surface area contributed by atoms with E-state index in [1.807, 2.05) is 31.2 Å². The highest BCUT2D eigenvalue weighted by molar-refractivity contribution is 5.95. The Hall–Kier alpha value is -3.46. The normalized spacial score (nSPS) is 15.1. The van der Waals surface area contributed by atoms with E-state index in [0.29, 0.717) is 35.0 Å². The Morgan fingerprint density at radius 3 is 2.39 bits per heavy atom. The summed E-state index contributed by atoms with van der Waals surface area (Å²) in [5.74, 6) is -0.929. The molecule has 4 aromatic rings. The average molecular weight is 498 g/mol. The van der Waals surface area contributed by atoms with E-state index in [-0.39, 0.29) is 5.69 Å². The Morgan fingerprint density at radius 1 is 1.00 bits per heavy atom. The number of benzene rings is 2. The number of aromatic amines is 1. The molecule has 0 unspecified atom stereocenters. The molecule has 0 saturated carbocycles. The van der Waals surface area contributed by atoms with Crippen LogP contribution in [-0.2, 0) is 12.6 Å². The number of hydrogen-bond acceptors (Lipinski definition) is 4. The number of halogens is 4. The second-order valence-electron chi connectivity index (χ2n) is 9.27. The van der Waals surface area contributed by atoms with Gasteiger partial charge in [0, 0.05) is 48.4 Å². The molecule has 5 rings (SSSR count). The van der Waals surface area contributed by atoms with Gasteiger partial charge < -0.3 is 9.80 Å². The summed E-state index contributed by atoms with van der Waals surface area (Å²) in [6, 6.07) is 11.6. The Morgan fingerprint density at radius 2 is 1.72 bits per heavy atom. The Bertz CT molecular complexity index is 1370. The molecule has 2 aromatic heterocycles. The summed E-state index contributed by atoms with van der Waals surface area (Å²) < 4.78 is 56.9. The van der Waals surface area contributed by atoms with Gasteiger partial charge in [0.2, 0.25) is 0 Å². The van der Waals surface area contributed by atoms with Gasteiger partial charge in [0.05, 0.1) is 23.0 Å². The van der Waals surface area contributed by atoms with Crippen LogP contribution in [0, 0.1) is 5.82 Å². The number of anilines is 1. The lowest BCUT2D eigenvalue weighted by Crippen LogP contribution is -2.44. The first-order valence-corrected chi connectivity index (χ1v) is 12.0. The summed E-state index contributed by atoms with van der Waals surface area (Å²) in [7, 11) is 2.11. The molecule has 0 bridgehead atoms. The van der Waals surface area contributed by atoms with Crippen molar-refractivity contribution in [3.05, 3.63) is 65.6 Å². The molecule has 1 aliphatic heterocycles. The van der Waals surface area contributed by atoms with Crippen LogP contribution in [0.3, 0.4) is 0 Å². The SMILES string of the molecule is CCCc1cc(F)c(-c2cc3c(-c4ccc(N5CCN(C)CC5)cc4)n[nH]c3cn2)c(C(F)(F)F)c1. The summed E-state index contributed by atoms with van der Waals surface area (Å²) in [5.41, 5.74) is 1.75. The maximum atomic E-state index is 15.1. The molecule has 0 radical (unpaired) electrons. The number of likely N-dealkylation sites (N-methyl/N-ethyl adjacent to an activating group) is 1. The van der Waals surface area contributed by atoms with Crippen molar-refractivity contribution < 1.29 is 17.6 Å². The predicted octanol–water partition coefficient (Wildman–Crippen LogP) is 6.15. The molecule has 5 nitrogen and oxygen atoms in total. The molecule has 9 heteroatoms. The van der Waals surface area contributed by atoms with Crippen LogP contribution in [0.15, 0.2) is 48.7 Å². The van der Waals surface area contributed by atoms with Gasteiger partial charge >= 0.3 is 6.18 Å². The Balaban J connectivity index is 1.54. The van der Waals surface area contributed by atoms with Crippen molar-refractivity contribution in [2.24, 2.45) is 0 Å². The number of nitrogens with one attached hydrogen (secondary N) is 1. The molecule has 1 saturated heterocycles. The second kappa shape index (κ2) is 9.54. The van der Waals surface area contributed by atoms with Crippen molar-refractivity contribution in [1.29, 1.82) is 0 Å². The number of nitrogens with zero attached hydrogens (tertiary/aromatic N) is 4. The van der Waals surface area contributed by atoms with Crippen molar-refractivity contribution in [2.75, 3.05) is 38.1 Å². The molecular formula is C27H27F4N5. The van der Waals surface area contributed by atoms with Crippen LogP contribution < -0.4 is 4.90 Å². The minimum absolute atomic E-state index is 0.0768. The van der Waals surface area contributed by atoms with Gasteiger partial charge in [-0.25, -0.2) is 4.39 Å². The number of piperazine rings is 1. The lowest BCUT2D eigenvalue weighted by molar-refractivity contribution is -0.137. The monoisotopic (exact) mass is 497 g/mol. The molecule has 0 amide bonds. The maximum Gasteiger partial charge on any atom is 0.417 e. The van der Waals surface area contributed by atoms with Gasteiger partial charge in [0.25, 0.3) is 0 Å². The molecule has 36 heavy (non-hydrogen) atoms. The van der Waals surface area contributed by atoms with Crippen molar-refractivity contribution >= 4 is 16.6 Å². The maximum absolute atomic E-state index is 15.1. The van der Waals surface area contributed by atoms with E-state index in [0.717, 1.165) is 43.5 Å². The Labute approximate surface area is 206 Å². The number of hydrogen-bond donors (Lipinski definition) is 1. The fourth-order valence-electron chi connectivity index (χ4n) is 4.75. The highest BCUT2D eigenvalue weighted by Crippen LogP contribution is 2.40. The average Bonchev–Trinajstić information content (AvgIpc) is 3.27. The van der Waals surface area contributed by atoms with Crippen LogP contribution in [0.1, 0.15) is 24.5 Å². The molecule has 0 atom stereocenters. The third kappa shape index (κ3) is 4.67. The molecule has 2 aromatic carbocycles. The van der Waals surface area contributed by atoms with E-state index >= 15 is 4.39 Å². The van der Waals surface area contributed by atoms with E-state index in [9.17, 15) is 13.2 Å². The molecule has 3 heterocycles. The summed E-state index contributed by atoms with van der Waals surface area (Å²) in [6.45, 7) is 5.72. The third-order valence-electron chi connectivity index (χ3n) is 6.71. The second-order valence-corrected chi connectivity index (χ2v) is 9.27. The zero-order valence-electron chi connectivity index (χ0n) is 20.2. The molecule has 1 N–H and O–H groups in total. The number of aryl methyl sites for hydroxylation is 1. The lowest BCUT2D eigenvalue weighted by Gasteiger charge is -2.34. The predicted molar refractivity (Wildman–Crippen MR) is 133 cm³/mol. The van der Waals surface area contributed by atoms with Crippen LogP contribution in [0.5, 0.6) is 0 Å². The molecule has 1 fully saturated rings. The fourth-order valence-corrected chi connectivity index (χ4v) is 4.75. The van der Waals surface area contributed by atoms with Crippen LogP contribution >= 0.6 is 0 Å². The molecular weight excluding hydrogens is 470 g/mol. The third-order valence-corrected chi connectivity index (χ3v) is 6.71. The van der Waals surface area contributed by atoms with E-state index < -0.39 is 23.1 Å². The zero-order valence-corrected chi connectivity index (χ0v) is 20.2. The van der Waals surface area contributed by atoms with Gasteiger partial charge in [-0.15, -0.1) is 0 Å². The van der Waals surface area contributed by atoms with Crippen LogP contribution in [0.4, 0.5) is 23.2 Å². The first-order valence-electron chi connectivity index (χ1n) is 12.0. The summed E-state index contributed by atoms with van der Waals surface area (Å²) in [5, 5.41) is 7.85. The zero-order chi connectivity index (χ0) is 25.4.